The van der Waals surface area contributed by atoms with Crippen molar-refractivity contribution in [1.82, 2.24) is 4.90 Å². The van der Waals surface area contributed by atoms with Crippen molar-refractivity contribution in [2.24, 2.45) is 0 Å². The molecule has 1 unspecified atom stereocenters. The summed E-state index contributed by atoms with van der Waals surface area (Å²) in [6.45, 7) is 0.488. The number of benzene rings is 2. The molecule has 2 aliphatic heterocycles. The van der Waals surface area contributed by atoms with Crippen LogP contribution < -0.4 is 4.90 Å². The molecule has 1 saturated heterocycles. The second-order valence-electron chi connectivity index (χ2n) is 6.25. The SMILES string of the molecule is N#CC1=C2SCN(c3ccccc3)CN2C(=O)CC1c1cccc(Br)c1. The molecule has 0 radical (unpaired) electrons. The quantitative estimate of drug-likeness (QED) is 0.701. The largest absolute Gasteiger partial charge is 0.344 e. The topological polar surface area (TPSA) is 47.3 Å². The van der Waals surface area contributed by atoms with Gasteiger partial charge in [0.2, 0.25) is 5.91 Å². The van der Waals surface area contributed by atoms with Gasteiger partial charge in [0.1, 0.15) is 0 Å². The highest BCUT2D eigenvalue weighted by molar-refractivity contribution is 9.10. The fraction of sp³-hybridized carbons (Fsp3) is 0.200. The molecule has 130 valence electrons. The van der Waals surface area contributed by atoms with Crippen molar-refractivity contribution in [3.8, 4) is 6.07 Å². The average Bonchev–Trinajstić information content (AvgIpc) is 2.68. The fourth-order valence-electron chi connectivity index (χ4n) is 3.37. The number of hydrogen-bond acceptors (Lipinski definition) is 4. The number of amides is 1. The summed E-state index contributed by atoms with van der Waals surface area (Å²) in [7, 11) is 0. The summed E-state index contributed by atoms with van der Waals surface area (Å²) in [5.74, 6) is 0.614. The van der Waals surface area contributed by atoms with E-state index in [1.54, 1.807) is 16.7 Å². The van der Waals surface area contributed by atoms with E-state index in [4.69, 9.17) is 0 Å². The van der Waals surface area contributed by atoms with Gasteiger partial charge in [-0.15, -0.1) is 0 Å². The van der Waals surface area contributed by atoms with Crippen molar-refractivity contribution in [3.63, 3.8) is 0 Å². The van der Waals surface area contributed by atoms with Crippen molar-refractivity contribution < 1.29 is 4.79 Å². The highest BCUT2D eigenvalue weighted by Gasteiger charge is 2.38. The predicted octanol–water partition coefficient (Wildman–Crippen LogP) is 4.67. The summed E-state index contributed by atoms with van der Waals surface area (Å²) < 4.78 is 0.957. The minimum atomic E-state index is -0.174. The number of thioether (sulfide) groups is 1. The third-order valence-corrected chi connectivity index (χ3v) is 6.31. The standard InChI is InChI=1S/C20H16BrN3OS/c21-15-6-4-5-14(9-15)17-10-19(25)24-12-23(16-7-2-1-3-8-16)13-26-20(24)18(17)11-22/h1-9,17H,10,12-13H2. The van der Waals surface area contributed by atoms with Gasteiger partial charge < -0.3 is 4.90 Å². The number of halogens is 1. The Morgan fingerprint density at radius 2 is 1.96 bits per heavy atom. The monoisotopic (exact) mass is 425 g/mol. The first-order valence-corrected chi connectivity index (χ1v) is 10.1. The number of hydrogen-bond donors (Lipinski definition) is 0. The Balaban J connectivity index is 1.68. The van der Waals surface area contributed by atoms with Gasteiger partial charge in [-0.25, -0.2) is 0 Å². The summed E-state index contributed by atoms with van der Waals surface area (Å²) in [5.41, 5.74) is 2.78. The summed E-state index contributed by atoms with van der Waals surface area (Å²) in [6.07, 6.45) is 0.325. The van der Waals surface area contributed by atoms with Crippen LogP contribution in [0.1, 0.15) is 17.9 Å². The van der Waals surface area contributed by atoms with E-state index < -0.39 is 0 Å². The van der Waals surface area contributed by atoms with Gasteiger partial charge in [0.15, 0.2) is 0 Å². The first-order chi connectivity index (χ1) is 12.7. The number of nitrogens with zero attached hydrogens (tertiary/aromatic N) is 3. The minimum Gasteiger partial charge on any atom is -0.344 e. The van der Waals surface area contributed by atoms with Crippen LogP contribution in [-0.2, 0) is 4.79 Å². The van der Waals surface area contributed by atoms with Crippen molar-refractivity contribution >= 4 is 39.3 Å². The second-order valence-corrected chi connectivity index (χ2v) is 8.10. The van der Waals surface area contributed by atoms with Crippen LogP contribution in [0.25, 0.3) is 0 Å². The summed E-state index contributed by atoms with van der Waals surface area (Å²) >= 11 is 5.05. The number of anilines is 1. The van der Waals surface area contributed by atoms with Crippen LogP contribution in [0, 0.1) is 11.3 Å². The van der Waals surface area contributed by atoms with Crippen LogP contribution >= 0.6 is 27.7 Å². The molecule has 4 nitrogen and oxygen atoms in total. The van der Waals surface area contributed by atoms with E-state index in [1.807, 2.05) is 54.6 Å². The lowest BCUT2D eigenvalue weighted by Gasteiger charge is -2.42. The van der Waals surface area contributed by atoms with E-state index in [9.17, 15) is 10.1 Å². The molecule has 1 atom stereocenters. The van der Waals surface area contributed by atoms with Gasteiger partial charge in [-0.1, -0.05) is 58.0 Å². The Morgan fingerprint density at radius 3 is 2.69 bits per heavy atom. The zero-order valence-corrected chi connectivity index (χ0v) is 16.3. The number of nitriles is 1. The molecule has 0 bridgehead atoms. The summed E-state index contributed by atoms with van der Waals surface area (Å²) in [4.78, 5) is 16.8. The molecule has 4 rings (SSSR count). The molecule has 0 saturated carbocycles. The van der Waals surface area contributed by atoms with Crippen LogP contribution in [0.15, 0.2) is 69.7 Å². The maximum Gasteiger partial charge on any atom is 0.229 e. The van der Waals surface area contributed by atoms with E-state index in [0.29, 0.717) is 18.7 Å². The van der Waals surface area contributed by atoms with Crippen molar-refractivity contribution in [3.05, 3.63) is 75.2 Å². The predicted molar refractivity (Wildman–Crippen MR) is 107 cm³/mol. The van der Waals surface area contributed by atoms with E-state index in [0.717, 1.165) is 26.6 Å². The number of para-hydroxylation sites is 1. The lowest BCUT2D eigenvalue weighted by atomic mass is 9.86. The van der Waals surface area contributed by atoms with E-state index >= 15 is 0 Å². The van der Waals surface area contributed by atoms with Gasteiger partial charge in [-0.3, -0.25) is 9.69 Å². The molecule has 2 aromatic rings. The maximum absolute atomic E-state index is 12.9. The summed E-state index contributed by atoms with van der Waals surface area (Å²) in [6, 6.07) is 20.3. The lowest BCUT2D eigenvalue weighted by Crippen LogP contribution is -2.47. The van der Waals surface area contributed by atoms with Crippen LogP contribution in [0.2, 0.25) is 0 Å². The number of fused-ring (bicyclic) bond motifs is 1. The van der Waals surface area contributed by atoms with Gasteiger partial charge in [0.25, 0.3) is 0 Å². The smallest absolute Gasteiger partial charge is 0.229 e. The molecule has 2 heterocycles. The molecule has 0 spiro atoms. The normalized spacial score (nSPS) is 20.0. The number of rotatable bonds is 2. The molecule has 6 heteroatoms. The van der Waals surface area contributed by atoms with Gasteiger partial charge in [0, 0.05) is 22.5 Å². The fourth-order valence-corrected chi connectivity index (χ4v) is 4.96. The molecule has 26 heavy (non-hydrogen) atoms. The zero-order valence-electron chi connectivity index (χ0n) is 13.9. The number of carbonyl (C=O) groups excluding carboxylic acids is 1. The third-order valence-electron chi connectivity index (χ3n) is 4.67. The van der Waals surface area contributed by atoms with Crippen molar-refractivity contribution in [2.45, 2.75) is 12.3 Å². The number of allylic oxidation sites excluding steroid dienone is 1. The molecule has 0 N–H and O–H groups in total. The Kier molecular flexibility index (Phi) is 4.75. The second kappa shape index (κ2) is 7.18. The Bertz CT molecular complexity index is 922. The molecule has 0 aromatic heterocycles. The van der Waals surface area contributed by atoms with Gasteiger partial charge >= 0.3 is 0 Å². The Hall–Kier alpha value is -2.23. The third kappa shape index (κ3) is 3.13. The van der Waals surface area contributed by atoms with Crippen molar-refractivity contribution in [2.75, 3.05) is 17.4 Å². The number of carbonyl (C=O) groups is 1. The van der Waals surface area contributed by atoms with E-state index in [-0.39, 0.29) is 11.8 Å². The molecule has 1 fully saturated rings. The lowest BCUT2D eigenvalue weighted by molar-refractivity contribution is -0.129. The summed E-state index contributed by atoms with van der Waals surface area (Å²) in [5, 5.41) is 10.6. The minimum absolute atomic E-state index is 0.0668. The first-order valence-electron chi connectivity index (χ1n) is 8.30. The highest BCUT2D eigenvalue weighted by atomic mass is 79.9. The van der Waals surface area contributed by atoms with Crippen LogP contribution in [0.5, 0.6) is 0 Å². The van der Waals surface area contributed by atoms with Gasteiger partial charge in [-0.2, -0.15) is 5.26 Å². The zero-order chi connectivity index (χ0) is 18.1. The van der Waals surface area contributed by atoms with Crippen LogP contribution in [0.4, 0.5) is 5.69 Å². The van der Waals surface area contributed by atoms with Crippen LogP contribution in [0.3, 0.4) is 0 Å². The average molecular weight is 426 g/mol. The molecule has 0 aliphatic carbocycles. The first kappa shape index (κ1) is 17.2. The Labute approximate surface area is 165 Å². The van der Waals surface area contributed by atoms with Gasteiger partial charge in [-0.05, 0) is 29.8 Å². The maximum atomic E-state index is 12.9. The van der Waals surface area contributed by atoms with E-state index in [1.165, 1.54) is 0 Å². The molecule has 2 aliphatic rings. The highest BCUT2D eigenvalue weighted by Crippen LogP contribution is 2.43. The molecular weight excluding hydrogens is 410 g/mol. The molecule has 1 amide bonds. The van der Waals surface area contributed by atoms with E-state index in [2.05, 4.69) is 26.9 Å². The van der Waals surface area contributed by atoms with Crippen LogP contribution in [-0.4, -0.2) is 23.4 Å². The molecule has 2 aromatic carbocycles. The Morgan fingerprint density at radius 1 is 1.15 bits per heavy atom. The van der Waals surface area contributed by atoms with Crippen molar-refractivity contribution in [1.29, 1.82) is 5.26 Å². The van der Waals surface area contributed by atoms with Gasteiger partial charge in [0.05, 0.1) is 29.2 Å². The molecular formula is C20H16BrN3OS.